The molecule has 5 nitrogen and oxygen atoms in total. The van der Waals surface area contributed by atoms with Gasteiger partial charge in [0.2, 0.25) is 5.43 Å². The average molecular weight is 280 g/mol. The summed E-state index contributed by atoms with van der Waals surface area (Å²) in [5.74, 6) is -0.191. The van der Waals surface area contributed by atoms with Crippen LogP contribution in [0.3, 0.4) is 0 Å². The molecule has 0 amide bonds. The predicted octanol–water partition coefficient (Wildman–Crippen LogP) is 1.40. The van der Waals surface area contributed by atoms with Gasteiger partial charge in [-0.3, -0.25) is 9.69 Å². The van der Waals surface area contributed by atoms with Crippen LogP contribution in [0, 0.1) is 0 Å². The second kappa shape index (κ2) is 5.58. The zero-order valence-corrected chi connectivity index (χ0v) is 12.5. The van der Waals surface area contributed by atoms with E-state index in [1.807, 2.05) is 25.3 Å². The van der Waals surface area contributed by atoms with E-state index < -0.39 is 5.43 Å². The monoisotopic (exact) mass is 280 g/mol. The Kier molecular flexibility index (Phi) is 4.20. The van der Waals surface area contributed by atoms with Gasteiger partial charge in [0.05, 0.1) is 12.3 Å². The second-order valence-corrected chi connectivity index (χ2v) is 6.44. The molecule has 1 fully saturated rings. The van der Waals surface area contributed by atoms with Crippen LogP contribution in [0.5, 0.6) is 5.75 Å². The summed E-state index contributed by atoms with van der Waals surface area (Å²) in [5.41, 5.74) is 0.437. The number of rotatable bonds is 3. The highest BCUT2D eigenvalue weighted by atomic mass is 16.3. The van der Waals surface area contributed by atoms with E-state index in [4.69, 9.17) is 0 Å². The lowest BCUT2D eigenvalue weighted by Gasteiger charge is -2.32. The number of hydrogen-bond acceptors (Lipinski definition) is 4. The number of aliphatic hydroxyl groups excluding tert-OH is 1. The number of pyridine rings is 1. The first-order chi connectivity index (χ1) is 9.34. The Labute approximate surface area is 119 Å². The topological polar surface area (TPSA) is 65.7 Å². The van der Waals surface area contributed by atoms with Crippen molar-refractivity contribution in [3.05, 3.63) is 27.7 Å². The van der Waals surface area contributed by atoms with Gasteiger partial charge in [0.15, 0.2) is 5.75 Å². The van der Waals surface area contributed by atoms with Gasteiger partial charge in [0.1, 0.15) is 0 Å². The highest BCUT2D eigenvalue weighted by molar-refractivity contribution is 5.31. The maximum Gasteiger partial charge on any atom is 0.223 e. The number of aliphatic hydroxyl groups is 1. The summed E-state index contributed by atoms with van der Waals surface area (Å²) in [6.07, 6.45) is 2.31. The van der Waals surface area contributed by atoms with Gasteiger partial charge in [-0.15, -0.1) is 0 Å². The minimum absolute atomic E-state index is 0.191. The third-order valence-corrected chi connectivity index (χ3v) is 3.77. The van der Waals surface area contributed by atoms with Crippen molar-refractivity contribution in [1.29, 1.82) is 0 Å². The van der Waals surface area contributed by atoms with Crippen LogP contribution in [0.1, 0.15) is 45.0 Å². The lowest BCUT2D eigenvalue weighted by molar-refractivity contribution is 0.237. The molecule has 0 atom stereocenters. The van der Waals surface area contributed by atoms with Crippen LogP contribution in [-0.4, -0.2) is 32.8 Å². The predicted molar refractivity (Wildman–Crippen MR) is 77.8 cm³/mol. The van der Waals surface area contributed by atoms with Crippen LogP contribution in [0.2, 0.25) is 0 Å². The highest BCUT2D eigenvalue weighted by Gasteiger charge is 2.25. The molecule has 5 heteroatoms. The Hall–Kier alpha value is -1.33. The first-order valence-electron chi connectivity index (χ1n) is 7.15. The fourth-order valence-corrected chi connectivity index (χ4v) is 2.96. The molecular weight excluding hydrogens is 256 g/mol. The van der Waals surface area contributed by atoms with Crippen molar-refractivity contribution in [2.45, 2.75) is 52.3 Å². The van der Waals surface area contributed by atoms with E-state index >= 15 is 0 Å². The summed E-state index contributed by atoms with van der Waals surface area (Å²) in [6, 6.07) is 1.33. The molecule has 2 N–H and O–H groups in total. The van der Waals surface area contributed by atoms with Crippen LogP contribution >= 0.6 is 0 Å². The van der Waals surface area contributed by atoms with E-state index in [2.05, 4.69) is 4.90 Å². The minimum Gasteiger partial charge on any atom is -0.503 e. The van der Waals surface area contributed by atoms with E-state index in [-0.39, 0.29) is 17.9 Å². The molecule has 2 heterocycles. The van der Waals surface area contributed by atoms with Gasteiger partial charge in [-0.05, 0) is 46.7 Å². The van der Waals surface area contributed by atoms with Crippen molar-refractivity contribution in [3.8, 4) is 5.75 Å². The Morgan fingerprint density at radius 1 is 1.25 bits per heavy atom. The maximum absolute atomic E-state index is 11.9. The van der Waals surface area contributed by atoms with Crippen LogP contribution in [0.15, 0.2) is 10.9 Å². The molecule has 1 aliphatic heterocycles. The first kappa shape index (κ1) is 15.1. The molecule has 0 aliphatic carbocycles. The smallest absolute Gasteiger partial charge is 0.223 e. The van der Waals surface area contributed by atoms with Gasteiger partial charge >= 0.3 is 0 Å². The molecule has 2 rings (SSSR count). The lowest BCUT2D eigenvalue weighted by Crippen LogP contribution is -2.33. The van der Waals surface area contributed by atoms with E-state index in [1.54, 1.807) is 0 Å². The third-order valence-electron chi connectivity index (χ3n) is 3.77. The van der Waals surface area contributed by atoms with Gasteiger partial charge in [-0.2, -0.15) is 0 Å². The number of likely N-dealkylation sites (tertiary alicyclic amines) is 1. The summed E-state index contributed by atoms with van der Waals surface area (Å²) in [4.78, 5) is 14.1. The van der Waals surface area contributed by atoms with E-state index in [0.29, 0.717) is 17.9 Å². The van der Waals surface area contributed by atoms with Crippen molar-refractivity contribution >= 4 is 0 Å². The molecule has 1 saturated heterocycles. The Bertz CT molecular complexity index is 537. The fourth-order valence-electron chi connectivity index (χ4n) is 2.96. The van der Waals surface area contributed by atoms with Crippen LogP contribution in [-0.2, 0) is 18.7 Å². The quantitative estimate of drug-likeness (QED) is 0.878. The Morgan fingerprint density at radius 3 is 2.35 bits per heavy atom. The van der Waals surface area contributed by atoms with Crippen molar-refractivity contribution in [1.82, 2.24) is 9.47 Å². The normalized spacial score (nSPS) is 16.8. The molecule has 0 bridgehead atoms. The molecule has 0 radical (unpaired) electrons. The van der Waals surface area contributed by atoms with Crippen LogP contribution < -0.4 is 5.43 Å². The summed E-state index contributed by atoms with van der Waals surface area (Å²) in [5, 5.41) is 19.7. The largest absolute Gasteiger partial charge is 0.503 e. The van der Waals surface area contributed by atoms with Gasteiger partial charge < -0.3 is 14.8 Å². The third kappa shape index (κ3) is 2.88. The summed E-state index contributed by atoms with van der Waals surface area (Å²) in [6.45, 7) is 8.32. The van der Waals surface area contributed by atoms with E-state index in [1.165, 1.54) is 6.07 Å². The number of hydrogen-bond donors (Lipinski definition) is 2. The number of nitrogens with zero attached hydrogens (tertiary/aromatic N) is 2. The van der Waals surface area contributed by atoms with E-state index in [9.17, 15) is 15.0 Å². The van der Waals surface area contributed by atoms with E-state index in [0.717, 1.165) is 25.9 Å². The lowest BCUT2D eigenvalue weighted by atomic mass is 10.0. The average Bonchev–Trinajstić information content (AvgIpc) is 2.85. The van der Waals surface area contributed by atoms with Crippen molar-refractivity contribution in [2.24, 2.45) is 0 Å². The molecule has 1 aliphatic rings. The summed E-state index contributed by atoms with van der Waals surface area (Å²) < 4.78 is 1.89. The molecule has 20 heavy (non-hydrogen) atoms. The number of aromatic hydroxyl groups is 1. The highest BCUT2D eigenvalue weighted by Crippen LogP contribution is 2.26. The minimum atomic E-state index is -0.413. The zero-order chi connectivity index (χ0) is 14.9. The maximum atomic E-state index is 11.9. The molecule has 0 aromatic carbocycles. The second-order valence-electron chi connectivity index (χ2n) is 6.44. The molecule has 1 aromatic rings. The SMILES string of the molecule is CC(C)(C)n1c(CO)cc(=O)c(O)c1CN1CCCC1. The Morgan fingerprint density at radius 2 is 1.85 bits per heavy atom. The summed E-state index contributed by atoms with van der Waals surface area (Å²) >= 11 is 0. The summed E-state index contributed by atoms with van der Waals surface area (Å²) in [7, 11) is 0. The van der Waals surface area contributed by atoms with Gasteiger partial charge in [-0.1, -0.05) is 0 Å². The van der Waals surface area contributed by atoms with Crippen molar-refractivity contribution in [3.63, 3.8) is 0 Å². The molecule has 0 saturated carbocycles. The van der Waals surface area contributed by atoms with Gasteiger partial charge in [0, 0.05) is 23.8 Å². The molecular formula is C15H24N2O3. The van der Waals surface area contributed by atoms with Crippen LogP contribution in [0.25, 0.3) is 0 Å². The van der Waals surface area contributed by atoms with Gasteiger partial charge in [-0.25, -0.2) is 0 Å². The molecule has 1 aromatic heterocycles. The fraction of sp³-hybridized carbons (Fsp3) is 0.667. The Balaban J connectivity index is 2.55. The number of aromatic nitrogens is 1. The molecule has 112 valence electrons. The van der Waals surface area contributed by atoms with Crippen molar-refractivity contribution in [2.75, 3.05) is 13.1 Å². The van der Waals surface area contributed by atoms with Crippen molar-refractivity contribution < 1.29 is 10.2 Å². The van der Waals surface area contributed by atoms with Gasteiger partial charge in [0.25, 0.3) is 0 Å². The van der Waals surface area contributed by atoms with Crippen LogP contribution in [0.4, 0.5) is 0 Å². The molecule has 0 unspecified atom stereocenters. The zero-order valence-electron chi connectivity index (χ0n) is 12.5. The molecule has 0 spiro atoms. The standard InChI is InChI=1S/C15H24N2O3/c1-15(2,3)17-11(10-18)8-13(19)14(20)12(17)9-16-6-4-5-7-16/h8,18,20H,4-7,9-10H2,1-3H3. The first-order valence-corrected chi connectivity index (χ1v) is 7.15.